The van der Waals surface area contributed by atoms with Crippen molar-refractivity contribution in [3.05, 3.63) is 12.2 Å². The molecule has 1 N–H and O–H groups in total. The minimum Gasteiger partial charge on any atom is -0.264 e. The fourth-order valence-electron chi connectivity index (χ4n) is 5.40. The quantitative estimate of drug-likeness (QED) is 0.0494. The molecule has 0 aliphatic rings. The molecule has 0 aliphatic heterocycles. The fourth-order valence-corrected chi connectivity index (χ4v) is 5.75. The first kappa shape index (κ1) is 38.6. The molecule has 0 radical (unpaired) electrons. The SMILES string of the molecule is CCCCCCCCCCCCCCCC/C=C/C(CCCCCCCCCCCCCC)COS(=O)(=O)O. The Labute approximate surface area is 245 Å². The molecule has 0 spiro atoms. The smallest absolute Gasteiger partial charge is 0.264 e. The molecule has 0 aromatic rings. The summed E-state index contributed by atoms with van der Waals surface area (Å²) in [6, 6.07) is 0. The van der Waals surface area contributed by atoms with Gasteiger partial charge in [0.1, 0.15) is 0 Å². The Morgan fingerprint density at radius 3 is 1.23 bits per heavy atom. The molecule has 0 amide bonds. The first-order chi connectivity index (χ1) is 19.0. The zero-order valence-corrected chi connectivity index (χ0v) is 27.1. The maximum absolute atomic E-state index is 11.0. The summed E-state index contributed by atoms with van der Waals surface area (Å²) in [7, 11) is -4.37. The first-order valence-corrected chi connectivity index (χ1v) is 18.6. The van der Waals surface area contributed by atoms with Gasteiger partial charge in [-0.2, -0.15) is 8.42 Å². The number of allylic oxidation sites excluding steroid dienone is 1. The Bertz CT molecular complexity index is 602. The minimum absolute atomic E-state index is 0.0477. The highest BCUT2D eigenvalue weighted by atomic mass is 32.3. The molecule has 0 fully saturated rings. The van der Waals surface area contributed by atoms with Crippen LogP contribution in [0.15, 0.2) is 12.2 Å². The number of rotatable bonds is 32. The second kappa shape index (κ2) is 30.6. The molecule has 0 heterocycles. The van der Waals surface area contributed by atoms with Crippen LogP contribution < -0.4 is 0 Å². The molecule has 0 saturated heterocycles. The van der Waals surface area contributed by atoms with Crippen LogP contribution in [0, 0.1) is 5.92 Å². The Hall–Kier alpha value is -0.390. The van der Waals surface area contributed by atoms with Crippen molar-refractivity contribution in [2.75, 3.05) is 6.61 Å². The van der Waals surface area contributed by atoms with E-state index in [1.54, 1.807) is 0 Å². The molecule has 1 atom stereocenters. The van der Waals surface area contributed by atoms with Gasteiger partial charge in [-0.1, -0.05) is 187 Å². The Kier molecular flexibility index (Phi) is 30.3. The van der Waals surface area contributed by atoms with Gasteiger partial charge in [-0.15, -0.1) is 0 Å². The van der Waals surface area contributed by atoms with Crippen LogP contribution in [0.1, 0.15) is 194 Å². The van der Waals surface area contributed by atoms with Gasteiger partial charge in [-0.25, -0.2) is 4.18 Å². The largest absolute Gasteiger partial charge is 0.397 e. The van der Waals surface area contributed by atoms with E-state index in [0.29, 0.717) is 0 Å². The summed E-state index contributed by atoms with van der Waals surface area (Å²) in [5, 5.41) is 0. The molecule has 5 heteroatoms. The molecule has 39 heavy (non-hydrogen) atoms. The zero-order chi connectivity index (χ0) is 28.7. The fraction of sp³-hybridized carbons (Fsp3) is 0.941. The van der Waals surface area contributed by atoms with Gasteiger partial charge in [0.05, 0.1) is 6.61 Å². The summed E-state index contributed by atoms with van der Waals surface area (Å²) in [5.41, 5.74) is 0. The molecular weight excluding hydrogens is 504 g/mol. The predicted molar refractivity (Wildman–Crippen MR) is 171 cm³/mol. The van der Waals surface area contributed by atoms with Gasteiger partial charge in [0.25, 0.3) is 0 Å². The molecule has 1 unspecified atom stereocenters. The lowest BCUT2D eigenvalue weighted by molar-refractivity contribution is 0.234. The minimum atomic E-state index is -4.37. The summed E-state index contributed by atoms with van der Waals surface area (Å²) in [5.74, 6) is 0.0571. The van der Waals surface area contributed by atoms with Crippen LogP contribution in [-0.4, -0.2) is 19.6 Å². The van der Waals surface area contributed by atoms with Crippen LogP contribution >= 0.6 is 0 Å². The third-order valence-corrected chi connectivity index (χ3v) is 8.43. The van der Waals surface area contributed by atoms with E-state index in [0.717, 1.165) is 19.3 Å². The highest BCUT2D eigenvalue weighted by Gasteiger charge is 2.11. The van der Waals surface area contributed by atoms with Gasteiger partial charge < -0.3 is 0 Å². The predicted octanol–water partition coefficient (Wildman–Crippen LogP) is 11.9. The molecule has 0 saturated carbocycles. The lowest BCUT2D eigenvalue weighted by Crippen LogP contribution is -2.12. The summed E-state index contributed by atoms with van der Waals surface area (Å²) in [6.07, 6.45) is 41.2. The average molecular weight is 573 g/mol. The number of hydrogen-bond donors (Lipinski definition) is 1. The standard InChI is InChI=1S/C34H68O4S/c1-3-5-7-9-11-13-15-17-18-19-20-22-24-26-28-30-32-34(33-38-39(35,36)37)31-29-27-25-23-21-16-14-12-10-8-6-4-2/h30,32,34H,3-29,31,33H2,1-2H3,(H,35,36,37)/b32-30+. The topological polar surface area (TPSA) is 63.6 Å². The molecule has 0 aliphatic carbocycles. The second-order valence-electron chi connectivity index (χ2n) is 12.0. The van der Waals surface area contributed by atoms with E-state index in [-0.39, 0.29) is 12.5 Å². The van der Waals surface area contributed by atoms with Gasteiger partial charge in [0, 0.05) is 5.92 Å². The van der Waals surface area contributed by atoms with Crippen LogP contribution in [0.3, 0.4) is 0 Å². The third kappa shape index (κ3) is 33.7. The number of hydrogen-bond acceptors (Lipinski definition) is 3. The summed E-state index contributed by atoms with van der Waals surface area (Å²) in [4.78, 5) is 0. The lowest BCUT2D eigenvalue weighted by atomic mass is 9.99. The first-order valence-electron chi connectivity index (χ1n) is 17.3. The van der Waals surface area contributed by atoms with Gasteiger partial charge in [0.15, 0.2) is 0 Å². The molecular formula is C34H68O4S. The molecule has 0 rings (SSSR count). The molecule has 0 aromatic carbocycles. The maximum atomic E-state index is 11.0. The van der Waals surface area contributed by atoms with Crippen molar-refractivity contribution in [3.63, 3.8) is 0 Å². The zero-order valence-electron chi connectivity index (χ0n) is 26.3. The van der Waals surface area contributed by atoms with Gasteiger partial charge in [-0.3, -0.25) is 4.55 Å². The Morgan fingerprint density at radius 1 is 0.538 bits per heavy atom. The lowest BCUT2D eigenvalue weighted by Gasteiger charge is -2.12. The van der Waals surface area contributed by atoms with E-state index < -0.39 is 10.4 Å². The van der Waals surface area contributed by atoms with E-state index in [1.165, 1.54) is 161 Å². The average Bonchev–Trinajstić information content (AvgIpc) is 2.91. The molecule has 0 bridgehead atoms. The van der Waals surface area contributed by atoms with Crippen molar-refractivity contribution < 1.29 is 17.2 Å². The summed E-state index contributed by atoms with van der Waals surface area (Å²) < 4.78 is 35.8. The second-order valence-corrected chi connectivity index (χ2v) is 13.1. The van der Waals surface area contributed by atoms with Crippen molar-refractivity contribution in [1.82, 2.24) is 0 Å². The van der Waals surface area contributed by atoms with Gasteiger partial charge in [-0.05, 0) is 19.3 Å². The Morgan fingerprint density at radius 2 is 0.872 bits per heavy atom. The van der Waals surface area contributed by atoms with Crippen molar-refractivity contribution in [3.8, 4) is 0 Å². The normalized spacial score (nSPS) is 13.0. The van der Waals surface area contributed by atoms with Crippen LogP contribution in [0.5, 0.6) is 0 Å². The highest BCUT2D eigenvalue weighted by Crippen LogP contribution is 2.18. The summed E-state index contributed by atoms with van der Waals surface area (Å²) >= 11 is 0. The summed E-state index contributed by atoms with van der Waals surface area (Å²) in [6.45, 7) is 4.59. The third-order valence-electron chi connectivity index (χ3n) is 7.99. The van der Waals surface area contributed by atoms with E-state index in [9.17, 15) is 8.42 Å². The van der Waals surface area contributed by atoms with E-state index in [1.807, 2.05) is 0 Å². The van der Waals surface area contributed by atoms with Crippen molar-refractivity contribution >= 4 is 10.4 Å². The number of unbranched alkanes of at least 4 members (excludes halogenated alkanes) is 25. The van der Waals surface area contributed by atoms with Crippen LogP contribution in [0.4, 0.5) is 0 Å². The maximum Gasteiger partial charge on any atom is 0.397 e. The monoisotopic (exact) mass is 572 g/mol. The van der Waals surface area contributed by atoms with E-state index >= 15 is 0 Å². The molecule has 234 valence electrons. The highest BCUT2D eigenvalue weighted by molar-refractivity contribution is 7.80. The van der Waals surface area contributed by atoms with Crippen LogP contribution in [0.25, 0.3) is 0 Å². The van der Waals surface area contributed by atoms with Crippen molar-refractivity contribution in [2.45, 2.75) is 194 Å². The van der Waals surface area contributed by atoms with Crippen LogP contribution in [-0.2, 0) is 14.6 Å². The van der Waals surface area contributed by atoms with Gasteiger partial charge in [0.2, 0.25) is 0 Å². The van der Waals surface area contributed by atoms with E-state index in [2.05, 4.69) is 26.0 Å². The van der Waals surface area contributed by atoms with Crippen molar-refractivity contribution in [1.29, 1.82) is 0 Å². The van der Waals surface area contributed by atoms with Crippen LogP contribution in [0.2, 0.25) is 0 Å². The van der Waals surface area contributed by atoms with E-state index in [4.69, 9.17) is 8.74 Å². The molecule has 0 aromatic heterocycles. The van der Waals surface area contributed by atoms with Crippen molar-refractivity contribution in [2.24, 2.45) is 5.92 Å². The molecule has 4 nitrogen and oxygen atoms in total. The Balaban J connectivity index is 3.77. The van der Waals surface area contributed by atoms with Gasteiger partial charge >= 0.3 is 10.4 Å².